The van der Waals surface area contributed by atoms with Crippen LogP contribution in [0, 0.1) is 0 Å². The van der Waals surface area contributed by atoms with Gasteiger partial charge in [-0.25, -0.2) is 0 Å². The molecule has 0 aliphatic carbocycles. The van der Waals surface area contributed by atoms with Crippen LogP contribution in [-0.4, -0.2) is 58.6 Å². The summed E-state index contributed by atoms with van der Waals surface area (Å²) in [6.07, 6.45) is -0.143. The molecule has 2 unspecified atom stereocenters. The molecule has 0 saturated carbocycles. The van der Waals surface area contributed by atoms with Gasteiger partial charge in [-0.2, -0.15) is 16.7 Å². The molecule has 0 amide bonds. The highest BCUT2D eigenvalue weighted by Gasteiger charge is 2.33. The Morgan fingerprint density at radius 1 is 1.53 bits per heavy atom. The van der Waals surface area contributed by atoms with Crippen LogP contribution in [0.2, 0.25) is 0 Å². The van der Waals surface area contributed by atoms with Crippen LogP contribution in [-0.2, 0) is 9.53 Å². The van der Waals surface area contributed by atoms with Crippen LogP contribution in [0.1, 0.15) is 30.7 Å². The van der Waals surface area contributed by atoms with Crippen molar-refractivity contribution in [3.63, 3.8) is 0 Å². The van der Waals surface area contributed by atoms with Crippen molar-refractivity contribution >= 4 is 17.5 Å². The van der Waals surface area contributed by atoms with Gasteiger partial charge in [0.1, 0.15) is 12.0 Å². The molecule has 6 nitrogen and oxygen atoms in total. The average molecular weight is 283 g/mol. The normalized spacial score (nSPS) is 29.0. The molecule has 2 aliphatic rings. The fraction of sp³-hybridized carbons (Fsp3) is 0.750. The Labute approximate surface area is 115 Å². The molecule has 0 radical (unpaired) electrons. The van der Waals surface area contributed by atoms with Gasteiger partial charge in [0.25, 0.3) is 0 Å². The van der Waals surface area contributed by atoms with Gasteiger partial charge in [-0.3, -0.25) is 9.69 Å². The van der Waals surface area contributed by atoms with Gasteiger partial charge in [-0.05, 0) is 6.54 Å². The lowest BCUT2D eigenvalue weighted by molar-refractivity contribution is -0.117. The molecule has 104 valence electrons. The number of likely N-dealkylation sites (N-methyl/N-ethyl adjacent to an activating group) is 1. The number of hydrogen-bond donors (Lipinski definition) is 0. The second-order valence-electron chi connectivity index (χ2n) is 4.78. The first-order valence-electron chi connectivity index (χ1n) is 6.56. The van der Waals surface area contributed by atoms with Gasteiger partial charge in [0, 0.05) is 18.8 Å². The highest BCUT2D eigenvalue weighted by Crippen LogP contribution is 2.29. The predicted molar refractivity (Wildman–Crippen MR) is 70.2 cm³/mol. The van der Waals surface area contributed by atoms with Gasteiger partial charge in [0.05, 0.1) is 12.4 Å². The van der Waals surface area contributed by atoms with Crippen molar-refractivity contribution in [1.82, 2.24) is 15.0 Å². The van der Waals surface area contributed by atoms with E-state index in [9.17, 15) is 4.79 Å². The van der Waals surface area contributed by atoms with Crippen molar-refractivity contribution in [2.24, 2.45) is 0 Å². The zero-order chi connectivity index (χ0) is 13.2. The van der Waals surface area contributed by atoms with Crippen molar-refractivity contribution in [2.45, 2.75) is 18.9 Å². The number of thioether (sulfide) groups is 1. The predicted octanol–water partition coefficient (Wildman–Crippen LogP) is 0.862. The number of aromatic nitrogens is 2. The fourth-order valence-corrected chi connectivity index (χ4v) is 3.43. The maximum Gasteiger partial charge on any atom is 0.238 e. The molecule has 2 fully saturated rings. The molecule has 0 N–H and O–H groups in total. The van der Waals surface area contributed by atoms with Crippen LogP contribution in [0.15, 0.2) is 4.52 Å². The molecule has 2 saturated heterocycles. The molecular weight excluding hydrogens is 266 g/mol. The highest BCUT2D eigenvalue weighted by atomic mass is 32.2. The van der Waals surface area contributed by atoms with Crippen LogP contribution >= 0.6 is 11.8 Å². The van der Waals surface area contributed by atoms with E-state index in [2.05, 4.69) is 22.0 Å². The third kappa shape index (κ3) is 2.68. The Balaban J connectivity index is 1.72. The summed E-state index contributed by atoms with van der Waals surface area (Å²) in [6.45, 7) is 5.51. The van der Waals surface area contributed by atoms with Gasteiger partial charge in [0.15, 0.2) is 5.78 Å². The van der Waals surface area contributed by atoms with Crippen molar-refractivity contribution in [1.29, 1.82) is 0 Å². The van der Waals surface area contributed by atoms with E-state index in [0.29, 0.717) is 24.1 Å². The smallest absolute Gasteiger partial charge is 0.238 e. The van der Waals surface area contributed by atoms with E-state index in [0.717, 1.165) is 25.4 Å². The van der Waals surface area contributed by atoms with Crippen molar-refractivity contribution < 1.29 is 14.1 Å². The molecule has 3 rings (SSSR count). The van der Waals surface area contributed by atoms with E-state index in [1.54, 1.807) is 11.8 Å². The van der Waals surface area contributed by atoms with Crippen LogP contribution in [0.3, 0.4) is 0 Å². The molecule has 19 heavy (non-hydrogen) atoms. The number of carbonyl (C=O) groups is 1. The quantitative estimate of drug-likeness (QED) is 0.815. The maximum absolute atomic E-state index is 11.7. The molecule has 0 bridgehead atoms. The van der Waals surface area contributed by atoms with Crippen LogP contribution in [0.25, 0.3) is 0 Å². The van der Waals surface area contributed by atoms with E-state index in [1.165, 1.54) is 0 Å². The van der Waals surface area contributed by atoms with E-state index in [-0.39, 0.29) is 17.8 Å². The van der Waals surface area contributed by atoms with Crippen LogP contribution < -0.4 is 0 Å². The van der Waals surface area contributed by atoms with Crippen LogP contribution in [0.4, 0.5) is 0 Å². The minimum Gasteiger partial charge on any atom is -0.367 e. The number of morpholine rings is 1. The number of rotatable bonds is 3. The third-order valence-corrected chi connectivity index (χ3v) is 4.62. The first kappa shape index (κ1) is 13.1. The summed E-state index contributed by atoms with van der Waals surface area (Å²) < 4.78 is 10.9. The third-order valence-electron chi connectivity index (χ3n) is 3.56. The lowest BCUT2D eigenvalue weighted by atomic mass is 10.1. The van der Waals surface area contributed by atoms with Gasteiger partial charge in [-0.1, -0.05) is 12.1 Å². The molecule has 1 aromatic rings. The summed E-state index contributed by atoms with van der Waals surface area (Å²) >= 11 is 1.62. The van der Waals surface area contributed by atoms with Crippen molar-refractivity contribution in [2.75, 3.05) is 37.7 Å². The SMILES string of the molecule is CCN1CCOC(c2noc(C3CSCC3=O)n2)C1. The Morgan fingerprint density at radius 3 is 3.16 bits per heavy atom. The summed E-state index contributed by atoms with van der Waals surface area (Å²) in [6, 6.07) is 0. The van der Waals surface area contributed by atoms with Crippen molar-refractivity contribution in [3.05, 3.63) is 11.7 Å². The second kappa shape index (κ2) is 5.60. The van der Waals surface area contributed by atoms with Gasteiger partial charge in [0.2, 0.25) is 11.7 Å². The minimum atomic E-state index is -0.225. The largest absolute Gasteiger partial charge is 0.367 e. The molecule has 2 aliphatic heterocycles. The number of ether oxygens (including phenoxy) is 1. The number of hydrogen-bond acceptors (Lipinski definition) is 7. The number of Topliss-reactive ketones (excluding diaryl/α,β-unsaturated/α-hetero) is 1. The Morgan fingerprint density at radius 2 is 2.42 bits per heavy atom. The maximum atomic E-state index is 11.7. The minimum absolute atomic E-state index is 0.143. The first-order chi connectivity index (χ1) is 9.28. The number of ketones is 1. The molecule has 1 aromatic heterocycles. The first-order valence-corrected chi connectivity index (χ1v) is 7.71. The van der Waals surface area contributed by atoms with Gasteiger partial charge in [-0.15, -0.1) is 0 Å². The summed E-state index contributed by atoms with van der Waals surface area (Å²) in [5.74, 6) is 2.26. The number of carbonyl (C=O) groups excluding carboxylic acids is 1. The summed E-state index contributed by atoms with van der Waals surface area (Å²) in [7, 11) is 0. The molecule has 2 atom stereocenters. The topological polar surface area (TPSA) is 68.5 Å². The van der Waals surface area contributed by atoms with Crippen molar-refractivity contribution in [3.8, 4) is 0 Å². The standard InChI is InChI=1S/C12H17N3O3S/c1-2-15-3-4-17-10(5-15)11-13-12(18-14-11)8-6-19-7-9(8)16/h8,10H,2-7H2,1H3. The van der Waals surface area contributed by atoms with Crippen LogP contribution in [0.5, 0.6) is 0 Å². The summed E-state index contributed by atoms with van der Waals surface area (Å²) in [5.41, 5.74) is 0. The monoisotopic (exact) mass is 283 g/mol. The molecule has 7 heteroatoms. The number of nitrogens with zero attached hydrogens (tertiary/aromatic N) is 3. The molecule has 0 spiro atoms. The Hall–Kier alpha value is -0.920. The van der Waals surface area contributed by atoms with Gasteiger partial charge >= 0.3 is 0 Å². The Bertz CT molecular complexity index is 465. The zero-order valence-corrected chi connectivity index (χ0v) is 11.7. The van der Waals surface area contributed by atoms with Gasteiger partial charge < -0.3 is 9.26 Å². The lowest BCUT2D eigenvalue weighted by Gasteiger charge is -2.30. The second-order valence-corrected chi connectivity index (χ2v) is 5.81. The molecule has 0 aromatic carbocycles. The average Bonchev–Trinajstić information content (AvgIpc) is 3.07. The fourth-order valence-electron chi connectivity index (χ4n) is 2.35. The lowest BCUT2D eigenvalue weighted by Crippen LogP contribution is -2.38. The van der Waals surface area contributed by atoms with E-state index in [1.807, 2.05) is 0 Å². The molecular formula is C12H17N3O3S. The summed E-state index contributed by atoms with van der Waals surface area (Å²) in [4.78, 5) is 18.3. The van der Waals surface area contributed by atoms with E-state index < -0.39 is 0 Å². The van der Waals surface area contributed by atoms with E-state index in [4.69, 9.17) is 9.26 Å². The summed E-state index contributed by atoms with van der Waals surface area (Å²) in [5, 5.41) is 3.99. The van der Waals surface area contributed by atoms with E-state index >= 15 is 0 Å². The highest BCUT2D eigenvalue weighted by molar-refractivity contribution is 8.00. The Kier molecular flexibility index (Phi) is 3.86. The molecule has 3 heterocycles. The zero-order valence-electron chi connectivity index (χ0n) is 10.9.